The van der Waals surface area contributed by atoms with E-state index in [1.165, 1.54) is 20.5 Å². The molecule has 0 atom stereocenters. The number of benzene rings is 1. The quantitative estimate of drug-likeness (QED) is 0.647. The zero-order valence-corrected chi connectivity index (χ0v) is 16.2. The van der Waals surface area contributed by atoms with Crippen LogP contribution in [0.15, 0.2) is 39.5 Å². The molecule has 1 amide bonds. The van der Waals surface area contributed by atoms with E-state index in [-0.39, 0.29) is 11.7 Å². The van der Waals surface area contributed by atoms with Crippen LogP contribution in [0, 0.1) is 0 Å². The number of nitrogens with two attached hydrogens (primary N) is 1. The Hall–Kier alpha value is -3.33. The monoisotopic (exact) mass is 398 g/mol. The first-order chi connectivity index (χ1) is 14.0. The topological polar surface area (TPSA) is 126 Å². The molecule has 0 bridgehead atoms. The maximum atomic E-state index is 12.5. The molecule has 1 aliphatic carbocycles. The van der Waals surface area contributed by atoms with Crippen LogP contribution in [0.4, 0.5) is 5.69 Å². The van der Waals surface area contributed by atoms with Gasteiger partial charge in [0.15, 0.2) is 23.1 Å². The summed E-state index contributed by atoms with van der Waals surface area (Å²) in [6, 6.07) is 6.51. The van der Waals surface area contributed by atoms with Crippen molar-refractivity contribution in [3.05, 3.63) is 42.1 Å². The van der Waals surface area contributed by atoms with Crippen molar-refractivity contribution in [1.29, 1.82) is 0 Å². The van der Waals surface area contributed by atoms with Crippen LogP contribution in [0.1, 0.15) is 42.1 Å². The maximum absolute atomic E-state index is 12.5. The van der Waals surface area contributed by atoms with E-state index in [2.05, 4.69) is 15.5 Å². The molecule has 1 aliphatic rings. The summed E-state index contributed by atoms with van der Waals surface area (Å²) in [7, 11) is 3.04. The predicted molar refractivity (Wildman–Crippen MR) is 104 cm³/mol. The first kappa shape index (κ1) is 19.0. The molecule has 9 nitrogen and oxygen atoms in total. The summed E-state index contributed by atoms with van der Waals surface area (Å²) in [5, 5.41) is 6.90. The van der Waals surface area contributed by atoms with Crippen molar-refractivity contribution in [3.63, 3.8) is 0 Å². The summed E-state index contributed by atoms with van der Waals surface area (Å²) in [5.41, 5.74) is 6.76. The van der Waals surface area contributed by atoms with Gasteiger partial charge in [0.2, 0.25) is 0 Å². The van der Waals surface area contributed by atoms with Gasteiger partial charge < -0.3 is 29.5 Å². The van der Waals surface area contributed by atoms with Crippen LogP contribution in [-0.2, 0) is 5.54 Å². The molecule has 9 heteroatoms. The molecule has 0 radical (unpaired) electrons. The third kappa shape index (κ3) is 3.56. The van der Waals surface area contributed by atoms with E-state index in [4.69, 9.17) is 24.1 Å². The molecule has 4 rings (SSSR count). The molecular weight excluding hydrogens is 376 g/mol. The van der Waals surface area contributed by atoms with Gasteiger partial charge in [-0.2, -0.15) is 4.98 Å². The predicted octanol–water partition coefficient (Wildman–Crippen LogP) is 3.33. The lowest BCUT2D eigenvalue weighted by molar-refractivity contribution is 0.0996. The molecule has 2 aromatic heterocycles. The number of nitrogens with one attached hydrogen (secondary N) is 1. The van der Waals surface area contributed by atoms with E-state index in [9.17, 15) is 4.79 Å². The SMILES string of the molecule is COc1cc(NC(=O)c2ccco2)c(-c2nc(C3(N)CCCC3)no2)cc1OC. The fourth-order valence-corrected chi connectivity index (χ4v) is 3.52. The van der Waals surface area contributed by atoms with Gasteiger partial charge in [-0.05, 0) is 31.0 Å². The minimum Gasteiger partial charge on any atom is -0.493 e. The van der Waals surface area contributed by atoms with Gasteiger partial charge in [-0.25, -0.2) is 0 Å². The standard InChI is InChI=1S/C20H22N4O5/c1-26-15-10-12(18-23-19(24-29-18)20(21)7-3-4-8-20)13(11-16(15)27-2)22-17(25)14-6-5-9-28-14/h5-6,9-11H,3-4,7-8,21H2,1-2H3,(H,22,25). The largest absolute Gasteiger partial charge is 0.493 e. The summed E-state index contributed by atoms with van der Waals surface area (Å²) in [6.07, 6.45) is 5.10. The molecule has 152 valence electrons. The molecule has 1 aromatic carbocycles. The Morgan fingerprint density at radius 2 is 1.93 bits per heavy atom. The summed E-state index contributed by atoms with van der Waals surface area (Å²) < 4.78 is 21.4. The molecule has 29 heavy (non-hydrogen) atoms. The van der Waals surface area contributed by atoms with Crippen LogP contribution in [-0.4, -0.2) is 30.3 Å². The number of hydrogen-bond acceptors (Lipinski definition) is 8. The van der Waals surface area contributed by atoms with Gasteiger partial charge in [-0.3, -0.25) is 4.79 Å². The summed E-state index contributed by atoms with van der Waals surface area (Å²) in [6.45, 7) is 0. The van der Waals surface area contributed by atoms with Crippen molar-refractivity contribution in [2.45, 2.75) is 31.2 Å². The zero-order valence-electron chi connectivity index (χ0n) is 16.2. The first-order valence-corrected chi connectivity index (χ1v) is 9.28. The van der Waals surface area contributed by atoms with Crippen molar-refractivity contribution >= 4 is 11.6 Å². The third-order valence-corrected chi connectivity index (χ3v) is 5.11. The van der Waals surface area contributed by atoms with Crippen molar-refractivity contribution in [2.75, 3.05) is 19.5 Å². The van der Waals surface area contributed by atoms with Crippen LogP contribution in [0.2, 0.25) is 0 Å². The Balaban J connectivity index is 1.75. The molecule has 2 heterocycles. The maximum Gasteiger partial charge on any atom is 0.291 e. The van der Waals surface area contributed by atoms with Crippen molar-refractivity contribution in [2.24, 2.45) is 5.73 Å². The average Bonchev–Trinajstić information content (AvgIpc) is 3.49. The van der Waals surface area contributed by atoms with Crippen molar-refractivity contribution in [3.8, 4) is 23.0 Å². The van der Waals surface area contributed by atoms with Gasteiger partial charge in [0.05, 0.1) is 37.3 Å². The van der Waals surface area contributed by atoms with E-state index in [1.54, 1.807) is 24.3 Å². The van der Waals surface area contributed by atoms with Crippen molar-refractivity contribution in [1.82, 2.24) is 10.1 Å². The number of carbonyl (C=O) groups excluding carboxylic acids is 1. The third-order valence-electron chi connectivity index (χ3n) is 5.11. The highest BCUT2D eigenvalue weighted by molar-refractivity contribution is 6.04. The second kappa shape index (κ2) is 7.59. The van der Waals surface area contributed by atoms with E-state index in [0.29, 0.717) is 28.6 Å². The molecule has 0 saturated heterocycles. The van der Waals surface area contributed by atoms with E-state index < -0.39 is 11.4 Å². The number of nitrogens with zero attached hydrogens (tertiary/aromatic N) is 2. The number of rotatable bonds is 6. The summed E-state index contributed by atoms with van der Waals surface area (Å²) in [4.78, 5) is 17.0. The van der Waals surface area contributed by atoms with Crippen LogP contribution in [0.3, 0.4) is 0 Å². The number of hydrogen-bond donors (Lipinski definition) is 2. The van der Waals surface area contributed by atoms with Gasteiger partial charge in [-0.15, -0.1) is 0 Å². The summed E-state index contributed by atoms with van der Waals surface area (Å²) >= 11 is 0. The number of furan rings is 1. The highest BCUT2D eigenvalue weighted by Gasteiger charge is 2.36. The van der Waals surface area contributed by atoms with E-state index >= 15 is 0 Å². The number of amides is 1. The molecule has 3 aromatic rings. The molecule has 3 N–H and O–H groups in total. The number of carbonyl (C=O) groups is 1. The van der Waals surface area contributed by atoms with Gasteiger partial charge in [0.25, 0.3) is 11.8 Å². The molecule has 1 saturated carbocycles. The van der Waals surface area contributed by atoms with Gasteiger partial charge in [0.1, 0.15) is 0 Å². The van der Waals surface area contributed by atoms with Crippen LogP contribution in [0.5, 0.6) is 11.5 Å². The minimum atomic E-state index is -0.587. The fraction of sp³-hybridized carbons (Fsp3) is 0.350. The fourth-order valence-electron chi connectivity index (χ4n) is 3.52. The lowest BCUT2D eigenvalue weighted by Crippen LogP contribution is -2.34. The second-order valence-corrected chi connectivity index (χ2v) is 6.97. The van der Waals surface area contributed by atoms with E-state index in [0.717, 1.165) is 25.7 Å². The second-order valence-electron chi connectivity index (χ2n) is 6.97. The van der Waals surface area contributed by atoms with Crippen LogP contribution in [0.25, 0.3) is 11.5 Å². The Morgan fingerprint density at radius 1 is 1.21 bits per heavy atom. The van der Waals surface area contributed by atoms with Crippen LogP contribution < -0.4 is 20.5 Å². The van der Waals surface area contributed by atoms with E-state index in [1.807, 2.05) is 0 Å². The highest BCUT2D eigenvalue weighted by atomic mass is 16.5. The minimum absolute atomic E-state index is 0.170. The Kier molecular flexibility index (Phi) is 4.98. The summed E-state index contributed by atoms with van der Waals surface area (Å²) in [5.74, 6) is 1.34. The van der Waals surface area contributed by atoms with Crippen LogP contribution >= 0.6 is 0 Å². The van der Waals surface area contributed by atoms with Gasteiger partial charge in [-0.1, -0.05) is 18.0 Å². The first-order valence-electron chi connectivity index (χ1n) is 9.28. The molecule has 0 spiro atoms. The van der Waals surface area contributed by atoms with Gasteiger partial charge >= 0.3 is 0 Å². The lowest BCUT2D eigenvalue weighted by Gasteiger charge is -2.17. The number of ether oxygens (including phenoxy) is 2. The highest BCUT2D eigenvalue weighted by Crippen LogP contribution is 2.40. The number of methoxy groups -OCH3 is 2. The van der Waals surface area contributed by atoms with Crippen molar-refractivity contribution < 1.29 is 23.2 Å². The lowest BCUT2D eigenvalue weighted by atomic mass is 9.98. The Bertz CT molecular complexity index is 1010. The average molecular weight is 398 g/mol. The van der Waals surface area contributed by atoms with Gasteiger partial charge in [0, 0.05) is 6.07 Å². The molecular formula is C20H22N4O5. The Labute approximate surface area is 167 Å². The molecule has 1 fully saturated rings. The Morgan fingerprint density at radius 3 is 2.59 bits per heavy atom. The zero-order chi connectivity index (χ0) is 20.4. The molecule has 0 aliphatic heterocycles. The molecule has 0 unspecified atom stereocenters. The number of anilines is 1. The smallest absolute Gasteiger partial charge is 0.291 e. The normalized spacial score (nSPS) is 15.3. The number of aromatic nitrogens is 2.